The van der Waals surface area contributed by atoms with Crippen molar-refractivity contribution >= 4 is 17.5 Å². The summed E-state index contributed by atoms with van der Waals surface area (Å²) in [5.74, 6) is 0.100. The van der Waals surface area contributed by atoms with Crippen LogP contribution in [0.5, 0.6) is 5.88 Å². The SMILES string of the molecule is Cc1cc(C)n(CCNC(=O)c2cnc(O[C@H]3CCOC3)c(Cl)c2)n1. The first-order valence-electron chi connectivity index (χ1n) is 8.22. The Labute approximate surface area is 151 Å². The molecule has 1 aliphatic heterocycles. The number of rotatable bonds is 6. The van der Waals surface area contributed by atoms with Crippen LogP contribution in [0.1, 0.15) is 28.2 Å². The van der Waals surface area contributed by atoms with Gasteiger partial charge in [-0.3, -0.25) is 9.48 Å². The fraction of sp³-hybridized carbons (Fsp3) is 0.471. The van der Waals surface area contributed by atoms with Gasteiger partial charge in [-0.1, -0.05) is 11.6 Å². The second kappa shape index (κ2) is 7.84. The van der Waals surface area contributed by atoms with Crippen molar-refractivity contribution in [3.8, 4) is 5.88 Å². The van der Waals surface area contributed by atoms with Crippen LogP contribution in [0.25, 0.3) is 0 Å². The predicted molar refractivity (Wildman–Crippen MR) is 93.1 cm³/mol. The molecule has 1 atom stereocenters. The first kappa shape index (κ1) is 17.7. The van der Waals surface area contributed by atoms with E-state index >= 15 is 0 Å². The lowest BCUT2D eigenvalue weighted by molar-refractivity contribution is 0.0951. The molecule has 0 saturated carbocycles. The Morgan fingerprint density at radius 2 is 2.32 bits per heavy atom. The highest BCUT2D eigenvalue weighted by Crippen LogP contribution is 2.25. The Morgan fingerprint density at radius 3 is 2.96 bits per heavy atom. The van der Waals surface area contributed by atoms with E-state index < -0.39 is 0 Å². The number of carbonyl (C=O) groups excluding carboxylic acids is 1. The number of pyridine rings is 1. The molecule has 1 saturated heterocycles. The van der Waals surface area contributed by atoms with Crippen LogP contribution in [0.3, 0.4) is 0 Å². The van der Waals surface area contributed by atoms with Gasteiger partial charge in [-0.05, 0) is 26.0 Å². The molecule has 1 fully saturated rings. The van der Waals surface area contributed by atoms with Gasteiger partial charge in [-0.15, -0.1) is 0 Å². The molecule has 1 N–H and O–H groups in total. The monoisotopic (exact) mass is 364 g/mol. The van der Waals surface area contributed by atoms with Gasteiger partial charge in [0.2, 0.25) is 5.88 Å². The van der Waals surface area contributed by atoms with Crippen molar-refractivity contribution in [3.05, 3.63) is 40.3 Å². The standard InChI is InChI=1S/C17H21ClN4O3/c1-11-7-12(2)22(21-11)5-4-19-16(23)13-8-15(18)17(20-9-13)25-14-3-6-24-10-14/h7-9,14H,3-6,10H2,1-2H3,(H,19,23)/t14-/m0/s1. The van der Waals surface area contributed by atoms with Gasteiger partial charge in [0, 0.05) is 24.9 Å². The third-order valence-electron chi connectivity index (χ3n) is 3.95. The molecule has 0 spiro atoms. The number of hydrogen-bond donors (Lipinski definition) is 1. The number of amides is 1. The second-order valence-corrected chi connectivity index (χ2v) is 6.43. The molecule has 0 aliphatic carbocycles. The van der Waals surface area contributed by atoms with E-state index in [0.29, 0.717) is 42.8 Å². The van der Waals surface area contributed by atoms with Crippen molar-refractivity contribution in [2.75, 3.05) is 19.8 Å². The highest BCUT2D eigenvalue weighted by atomic mass is 35.5. The van der Waals surface area contributed by atoms with Crippen LogP contribution in [0.15, 0.2) is 18.3 Å². The minimum Gasteiger partial charge on any atom is -0.471 e. The number of carbonyl (C=O) groups is 1. The molecule has 3 heterocycles. The first-order chi connectivity index (χ1) is 12.0. The van der Waals surface area contributed by atoms with Crippen molar-refractivity contribution in [2.45, 2.75) is 32.9 Å². The summed E-state index contributed by atoms with van der Waals surface area (Å²) in [6, 6.07) is 3.57. The molecule has 1 aliphatic rings. The zero-order chi connectivity index (χ0) is 17.8. The van der Waals surface area contributed by atoms with Crippen molar-refractivity contribution in [1.82, 2.24) is 20.1 Å². The lowest BCUT2D eigenvalue weighted by atomic mass is 10.2. The maximum Gasteiger partial charge on any atom is 0.252 e. The first-order valence-corrected chi connectivity index (χ1v) is 8.60. The molecule has 0 bridgehead atoms. The van der Waals surface area contributed by atoms with Crippen LogP contribution in [-0.4, -0.2) is 46.5 Å². The van der Waals surface area contributed by atoms with E-state index in [1.54, 1.807) is 6.07 Å². The maximum absolute atomic E-state index is 12.2. The highest BCUT2D eigenvalue weighted by molar-refractivity contribution is 6.32. The summed E-state index contributed by atoms with van der Waals surface area (Å²) < 4.78 is 12.8. The van der Waals surface area contributed by atoms with E-state index in [4.69, 9.17) is 21.1 Å². The molecular weight excluding hydrogens is 344 g/mol. The van der Waals surface area contributed by atoms with Gasteiger partial charge in [0.1, 0.15) is 11.1 Å². The Kier molecular flexibility index (Phi) is 5.55. The topological polar surface area (TPSA) is 78.3 Å². The molecule has 3 rings (SSSR count). The molecule has 0 radical (unpaired) electrons. The molecule has 25 heavy (non-hydrogen) atoms. The predicted octanol–water partition coefficient (Wildman–Crippen LogP) is 2.15. The lowest BCUT2D eigenvalue weighted by Gasteiger charge is -2.12. The molecular formula is C17H21ClN4O3. The molecule has 1 amide bonds. The lowest BCUT2D eigenvalue weighted by Crippen LogP contribution is -2.28. The summed E-state index contributed by atoms with van der Waals surface area (Å²) in [5, 5.41) is 7.52. The average Bonchev–Trinajstić information content (AvgIpc) is 3.19. The summed E-state index contributed by atoms with van der Waals surface area (Å²) in [4.78, 5) is 16.4. The minimum atomic E-state index is -0.230. The number of aromatic nitrogens is 3. The minimum absolute atomic E-state index is 0.0366. The largest absolute Gasteiger partial charge is 0.471 e. The number of halogens is 1. The van der Waals surface area contributed by atoms with Crippen LogP contribution < -0.4 is 10.1 Å². The van der Waals surface area contributed by atoms with E-state index in [1.165, 1.54) is 6.20 Å². The third kappa shape index (κ3) is 4.49. The third-order valence-corrected chi connectivity index (χ3v) is 4.22. The molecule has 2 aromatic rings. The van der Waals surface area contributed by atoms with Gasteiger partial charge in [0.25, 0.3) is 5.91 Å². The number of aryl methyl sites for hydroxylation is 2. The summed E-state index contributed by atoms with van der Waals surface area (Å²) in [7, 11) is 0. The van der Waals surface area contributed by atoms with Gasteiger partial charge in [0.05, 0.1) is 31.0 Å². The van der Waals surface area contributed by atoms with Gasteiger partial charge in [-0.2, -0.15) is 5.10 Å². The maximum atomic E-state index is 12.2. The molecule has 134 valence electrons. The Balaban J connectivity index is 1.54. The van der Waals surface area contributed by atoms with Crippen LogP contribution in [-0.2, 0) is 11.3 Å². The van der Waals surface area contributed by atoms with Crippen molar-refractivity contribution in [2.24, 2.45) is 0 Å². The molecule has 7 nitrogen and oxygen atoms in total. The van der Waals surface area contributed by atoms with E-state index in [0.717, 1.165) is 17.8 Å². The average molecular weight is 365 g/mol. The Morgan fingerprint density at radius 1 is 1.48 bits per heavy atom. The zero-order valence-corrected chi connectivity index (χ0v) is 15.0. The number of nitrogens with zero attached hydrogens (tertiary/aromatic N) is 3. The zero-order valence-electron chi connectivity index (χ0n) is 14.3. The van der Waals surface area contributed by atoms with Crippen molar-refractivity contribution < 1.29 is 14.3 Å². The van der Waals surface area contributed by atoms with Gasteiger partial charge in [-0.25, -0.2) is 4.98 Å². The highest BCUT2D eigenvalue weighted by Gasteiger charge is 2.20. The van der Waals surface area contributed by atoms with Gasteiger partial charge < -0.3 is 14.8 Å². The van der Waals surface area contributed by atoms with E-state index in [-0.39, 0.29) is 12.0 Å². The summed E-state index contributed by atoms with van der Waals surface area (Å²) >= 11 is 6.18. The van der Waals surface area contributed by atoms with Crippen molar-refractivity contribution in [3.63, 3.8) is 0 Å². The smallest absolute Gasteiger partial charge is 0.252 e. The number of nitrogens with one attached hydrogen (secondary N) is 1. The number of hydrogen-bond acceptors (Lipinski definition) is 5. The molecule has 8 heteroatoms. The Hall–Kier alpha value is -2.12. The second-order valence-electron chi connectivity index (χ2n) is 6.02. The summed E-state index contributed by atoms with van der Waals surface area (Å²) in [6.45, 7) is 6.22. The normalized spacial score (nSPS) is 16.8. The fourth-order valence-corrected chi connectivity index (χ4v) is 2.89. The fourth-order valence-electron chi connectivity index (χ4n) is 2.68. The molecule has 0 aromatic carbocycles. The molecule has 0 unspecified atom stereocenters. The summed E-state index contributed by atoms with van der Waals surface area (Å²) in [6.07, 6.45) is 2.24. The van der Waals surface area contributed by atoms with Crippen molar-refractivity contribution in [1.29, 1.82) is 0 Å². The van der Waals surface area contributed by atoms with Crippen LogP contribution in [0.4, 0.5) is 0 Å². The Bertz CT molecular complexity index is 756. The summed E-state index contributed by atoms with van der Waals surface area (Å²) in [5.41, 5.74) is 2.42. The van der Waals surface area contributed by atoms with Crippen LogP contribution in [0.2, 0.25) is 5.02 Å². The molecule has 2 aromatic heterocycles. The van der Waals surface area contributed by atoms with E-state index in [2.05, 4.69) is 15.4 Å². The van der Waals surface area contributed by atoms with Crippen LogP contribution >= 0.6 is 11.6 Å². The van der Waals surface area contributed by atoms with Gasteiger partial charge >= 0.3 is 0 Å². The van der Waals surface area contributed by atoms with E-state index in [1.807, 2.05) is 24.6 Å². The quantitative estimate of drug-likeness (QED) is 0.849. The van der Waals surface area contributed by atoms with E-state index in [9.17, 15) is 4.79 Å². The van der Waals surface area contributed by atoms with Gasteiger partial charge in [0.15, 0.2) is 0 Å². The van der Waals surface area contributed by atoms with Crippen LogP contribution in [0, 0.1) is 13.8 Å². The number of ether oxygens (including phenoxy) is 2.